The Labute approximate surface area is 149 Å². The van der Waals surface area contributed by atoms with Crippen molar-refractivity contribution in [2.45, 2.75) is 97.2 Å². The maximum absolute atomic E-state index is 9.81. The largest absolute Gasteiger partial charge is 0.351 e. The molecule has 0 radical (unpaired) electrons. The van der Waals surface area contributed by atoms with E-state index in [1.165, 1.54) is 51.4 Å². The zero-order valence-corrected chi connectivity index (χ0v) is 15.9. The van der Waals surface area contributed by atoms with Crippen molar-refractivity contribution in [1.29, 1.82) is 5.26 Å². The van der Waals surface area contributed by atoms with Crippen molar-refractivity contribution < 1.29 is 9.47 Å². The smallest absolute Gasteiger partial charge is 0.176 e. The average molecular weight is 336 g/mol. The van der Waals surface area contributed by atoms with Crippen LogP contribution in [0.2, 0.25) is 0 Å². The Balaban J connectivity index is 1.74. The van der Waals surface area contributed by atoms with E-state index in [9.17, 15) is 5.26 Å². The quantitative estimate of drug-likeness (QED) is 0.497. The minimum Gasteiger partial charge on any atom is -0.351 e. The van der Waals surface area contributed by atoms with Crippen molar-refractivity contribution in [1.82, 2.24) is 0 Å². The van der Waals surface area contributed by atoms with Crippen LogP contribution < -0.4 is 0 Å². The first-order chi connectivity index (χ1) is 11.7. The highest BCUT2D eigenvalue weighted by atomic mass is 16.7. The summed E-state index contributed by atoms with van der Waals surface area (Å²) in [7, 11) is 0. The highest BCUT2D eigenvalue weighted by Crippen LogP contribution is 2.45. The van der Waals surface area contributed by atoms with Crippen LogP contribution in [0.15, 0.2) is 0 Å². The van der Waals surface area contributed by atoms with Crippen molar-refractivity contribution in [3.8, 4) is 6.07 Å². The number of nitriles is 1. The molecule has 2 fully saturated rings. The van der Waals surface area contributed by atoms with Gasteiger partial charge in [0, 0.05) is 5.92 Å². The summed E-state index contributed by atoms with van der Waals surface area (Å²) in [6.45, 7) is 6.06. The molecule has 0 unspecified atom stereocenters. The van der Waals surface area contributed by atoms with Crippen molar-refractivity contribution >= 4 is 0 Å². The number of hydrogen-bond donors (Lipinski definition) is 0. The molecule has 0 atom stereocenters. The second kappa shape index (κ2) is 10.4. The molecular formula is C21H37NO2. The molecule has 0 aromatic carbocycles. The van der Waals surface area contributed by atoms with E-state index in [1.807, 2.05) is 0 Å². The Morgan fingerprint density at radius 3 is 2.08 bits per heavy atom. The maximum atomic E-state index is 9.81. The maximum Gasteiger partial charge on any atom is 0.176 e. The summed E-state index contributed by atoms with van der Waals surface area (Å²) in [6.07, 6.45) is 14.3. The van der Waals surface area contributed by atoms with Crippen molar-refractivity contribution in [2.24, 2.45) is 17.3 Å². The zero-order chi connectivity index (χ0) is 17.3. The van der Waals surface area contributed by atoms with Crippen LogP contribution in [0.4, 0.5) is 0 Å². The van der Waals surface area contributed by atoms with Crippen LogP contribution in [-0.2, 0) is 9.47 Å². The lowest BCUT2D eigenvalue weighted by Crippen LogP contribution is -2.45. The molecule has 0 amide bonds. The van der Waals surface area contributed by atoms with Gasteiger partial charge in [0.1, 0.15) is 5.41 Å². The van der Waals surface area contributed by atoms with Gasteiger partial charge in [0.2, 0.25) is 0 Å². The Morgan fingerprint density at radius 1 is 0.875 bits per heavy atom. The van der Waals surface area contributed by atoms with Gasteiger partial charge in [-0.2, -0.15) is 5.26 Å². The lowest BCUT2D eigenvalue weighted by atomic mass is 9.69. The third-order valence-electron chi connectivity index (χ3n) is 6.07. The number of rotatable bonds is 9. The molecule has 1 aliphatic carbocycles. The highest BCUT2D eigenvalue weighted by Gasteiger charge is 2.45. The second-order valence-electron chi connectivity index (χ2n) is 8.07. The Hall–Kier alpha value is -0.590. The third kappa shape index (κ3) is 5.46. The van der Waals surface area contributed by atoms with E-state index in [0.29, 0.717) is 5.92 Å². The van der Waals surface area contributed by atoms with E-state index in [-0.39, 0.29) is 6.29 Å². The summed E-state index contributed by atoms with van der Waals surface area (Å²) < 4.78 is 12.1. The second-order valence-corrected chi connectivity index (χ2v) is 8.07. The molecule has 3 nitrogen and oxygen atoms in total. The van der Waals surface area contributed by atoms with Gasteiger partial charge >= 0.3 is 0 Å². The van der Waals surface area contributed by atoms with Crippen LogP contribution in [0.25, 0.3) is 0 Å². The molecule has 2 rings (SSSR count). The minimum absolute atomic E-state index is 0.290. The number of nitrogens with zero attached hydrogens (tertiary/aromatic N) is 1. The van der Waals surface area contributed by atoms with Gasteiger partial charge in [-0.3, -0.25) is 0 Å². The summed E-state index contributed by atoms with van der Waals surface area (Å²) in [5, 5.41) is 9.81. The van der Waals surface area contributed by atoms with Crippen LogP contribution in [0.3, 0.4) is 0 Å². The molecule has 0 spiro atoms. The molecule has 1 aliphatic heterocycles. The first-order valence-corrected chi connectivity index (χ1v) is 10.4. The van der Waals surface area contributed by atoms with Crippen molar-refractivity contribution in [3.05, 3.63) is 0 Å². The summed E-state index contributed by atoms with van der Waals surface area (Å²) in [5.41, 5.74) is -0.393. The van der Waals surface area contributed by atoms with Gasteiger partial charge in [-0.15, -0.1) is 0 Å². The molecule has 0 aromatic heterocycles. The predicted octanol–water partition coefficient (Wildman–Crippen LogP) is 5.84. The first kappa shape index (κ1) is 19.7. The van der Waals surface area contributed by atoms with Gasteiger partial charge in [-0.25, -0.2) is 0 Å². The molecule has 0 N–H and O–H groups in total. The Bertz CT molecular complexity index is 374. The van der Waals surface area contributed by atoms with Gasteiger partial charge in [0.05, 0.1) is 19.3 Å². The fourth-order valence-electron chi connectivity index (χ4n) is 4.26. The van der Waals surface area contributed by atoms with E-state index in [4.69, 9.17) is 9.47 Å². The molecule has 0 bridgehead atoms. The van der Waals surface area contributed by atoms with E-state index in [1.54, 1.807) is 0 Å². The first-order valence-electron chi connectivity index (χ1n) is 10.4. The van der Waals surface area contributed by atoms with E-state index < -0.39 is 5.41 Å². The molecule has 138 valence electrons. The molecular weight excluding hydrogens is 298 g/mol. The van der Waals surface area contributed by atoms with Gasteiger partial charge < -0.3 is 9.47 Å². The molecule has 2 aliphatic rings. The fourth-order valence-corrected chi connectivity index (χ4v) is 4.26. The number of hydrogen-bond acceptors (Lipinski definition) is 3. The van der Waals surface area contributed by atoms with Gasteiger partial charge in [-0.1, -0.05) is 58.8 Å². The van der Waals surface area contributed by atoms with Crippen molar-refractivity contribution in [3.63, 3.8) is 0 Å². The summed E-state index contributed by atoms with van der Waals surface area (Å²) in [6, 6.07) is 2.59. The average Bonchev–Trinajstić information content (AvgIpc) is 2.64. The minimum atomic E-state index is -0.393. The van der Waals surface area contributed by atoms with Crippen LogP contribution in [0.1, 0.15) is 90.9 Å². The number of unbranched alkanes of at least 4 members (excludes halogenated alkanes) is 4. The van der Waals surface area contributed by atoms with Crippen LogP contribution in [0.5, 0.6) is 0 Å². The van der Waals surface area contributed by atoms with E-state index >= 15 is 0 Å². The standard InChI is InChI=1S/C21H37NO2/c1-3-5-7-8-10-19-15-23-20(24-16-19)21(17-22)13-11-18(12-14-21)9-6-4-2/h18-20H,3-16H2,1-2H3. The summed E-state index contributed by atoms with van der Waals surface area (Å²) in [5.74, 6) is 1.33. The van der Waals surface area contributed by atoms with Gasteiger partial charge in [0.25, 0.3) is 0 Å². The van der Waals surface area contributed by atoms with Crippen LogP contribution in [0, 0.1) is 28.6 Å². The number of ether oxygens (including phenoxy) is 2. The van der Waals surface area contributed by atoms with E-state index in [2.05, 4.69) is 19.9 Å². The van der Waals surface area contributed by atoms with E-state index in [0.717, 1.165) is 44.8 Å². The summed E-state index contributed by atoms with van der Waals surface area (Å²) in [4.78, 5) is 0. The Kier molecular flexibility index (Phi) is 8.56. The predicted molar refractivity (Wildman–Crippen MR) is 97.5 cm³/mol. The molecule has 3 heteroatoms. The molecule has 1 saturated carbocycles. The van der Waals surface area contributed by atoms with Gasteiger partial charge in [0.15, 0.2) is 6.29 Å². The SMILES string of the molecule is CCCCCCC1COC(C2(C#N)CCC(CCCC)CC2)OC1. The summed E-state index contributed by atoms with van der Waals surface area (Å²) >= 11 is 0. The Morgan fingerprint density at radius 2 is 1.50 bits per heavy atom. The lowest BCUT2D eigenvalue weighted by molar-refractivity contribution is -0.247. The normalized spacial score (nSPS) is 34.0. The molecule has 1 heterocycles. The topological polar surface area (TPSA) is 42.2 Å². The third-order valence-corrected chi connectivity index (χ3v) is 6.07. The van der Waals surface area contributed by atoms with Crippen molar-refractivity contribution in [2.75, 3.05) is 13.2 Å². The zero-order valence-electron chi connectivity index (χ0n) is 15.9. The van der Waals surface area contributed by atoms with Crippen LogP contribution in [-0.4, -0.2) is 19.5 Å². The lowest BCUT2D eigenvalue weighted by Gasteiger charge is -2.42. The monoisotopic (exact) mass is 335 g/mol. The molecule has 0 aromatic rings. The fraction of sp³-hybridized carbons (Fsp3) is 0.952. The molecule has 1 saturated heterocycles. The van der Waals surface area contributed by atoms with Crippen LogP contribution >= 0.6 is 0 Å². The van der Waals surface area contributed by atoms with Gasteiger partial charge in [-0.05, 0) is 38.0 Å². The molecule has 24 heavy (non-hydrogen) atoms. The highest BCUT2D eigenvalue weighted by molar-refractivity contribution is 5.04.